The van der Waals surface area contributed by atoms with E-state index in [0.29, 0.717) is 17.4 Å². The highest BCUT2D eigenvalue weighted by atomic mass is 35.5. The number of fused-ring (bicyclic) bond motifs is 2. The molecule has 6 rings (SSSR count). The molecule has 2 amide bonds. The van der Waals surface area contributed by atoms with Gasteiger partial charge in [-0.05, 0) is 83.7 Å². The number of hydrogen-bond donors (Lipinski definition) is 5. The number of carbonyl (C=O) groups excluding carboxylic acids is 1. The lowest BCUT2D eigenvalue weighted by Crippen LogP contribution is -2.34. The molecule has 0 aliphatic heterocycles. The highest BCUT2D eigenvalue weighted by Crippen LogP contribution is 2.25. The minimum atomic E-state index is -4.09. The van der Waals surface area contributed by atoms with Crippen LogP contribution in [0.3, 0.4) is 0 Å². The Bertz CT molecular complexity index is 2200. The molecule has 3 aromatic heterocycles. The number of benzene rings is 3. The minimum Gasteiger partial charge on any atom is -0.381 e. The van der Waals surface area contributed by atoms with Crippen LogP contribution in [-0.2, 0) is 16.6 Å². The molecule has 42 heavy (non-hydrogen) atoms. The third-order valence-electron chi connectivity index (χ3n) is 6.44. The van der Waals surface area contributed by atoms with Crippen molar-refractivity contribution in [2.75, 3.05) is 10.6 Å². The van der Waals surface area contributed by atoms with Crippen molar-refractivity contribution in [1.82, 2.24) is 19.3 Å². The second kappa shape index (κ2) is 10.9. The average Bonchev–Trinajstić information content (AvgIpc) is 3.61. The molecular weight excluding hydrogens is 600 g/mol. The van der Waals surface area contributed by atoms with Gasteiger partial charge < -0.3 is 20.6 Å². The Labute approximate surface area is 246 Å². The fraction of sp³-hybridized carbons (Fsp3) is 0.0357. The topological polar surface area (TPSA) is 158 Å². The predicted octanol–water partition coefficient (Wildman–Crippen LogP) is 5.00. The van der Waals surface area contributed by atoms with E-state index in [2.05, 4.69) is 26.7 Å². The van der Waals surface area contributed by atoms with Crippen molar-refractivity contribution in [3.8, 4) is 5.69 Å². The van der Waals surface area contributed by atoms with Gasteiger partial charge in [-0.15, -0.1) is 11.3 Å². The van der Waals surface area contributed by atoms with Crippen LogP contribution in [0.5, 0.6) is 0 Å². The molecule has 0 unspecified atom stereocenters. The molecular formula is C28H21ClN6O5S2. The zero-order valence-electron chi connectivity index (χ0n) is 21.5. The van der Waals surface area contributed by atoms with Crippen LogP contribution < -0.4 is 26.6 Å². The van der Waals surface area contributed by atoms with E-state index >= 15 is 0 Å². The first kappa shape index (κ1) is 27.3. The second-order valence-electron chi connectivity index (χ2n) is 9.25. The third kappa shape index (κ3) is 5.52. The maximum Gasteiger partial charge on any atom is 0.333 e. The van der Waals surface area contributed by atoms with Gasteiger partial charge in [-0.2, -0.15) is 0 Å². The molecule has 3 heterocycles. The Morgan fingerprint density at radius 3 is 2.45 bits per heavy atom. The molecule has 3 aromatic carbocycles. The van der Waals surface area contributed by atoms with Gasteiger partial charge in [0.1, 0.15) is 4.21 Å². The van der Waals surface area contributed by atoms with Gasteiger partial charge >= 0.3 is 11.7 Å². The maximum atomic E-state index is 13.3. The largest absolute Gasteiger partial charge is 0.381 e. The van der Waals surface area contributed by atoms with E-state index in [1.54, 1.807) is 18.2 Å². The van der Waals surface area contributed by atoms with Crippen molar-refractivity contribution < 1.29 is 13.2 Å². The number of halogens is 1. The quantitative estimate of drug-likeness (QED) is 0.169. The number of hydrogen-bond acceptors (Lipinski definition) is 7. The number of rotatable bonds is 7. The van der Waals surface area contributed by atoms with Crippen LogP contribution >= 0.6 is 22.9 Å². The normalized spacial score (nSPS) is 11.5. The number of H-pyrrole nitrogens is 2. The highest BCUT2D eigenvalue weighted by Gasteiger charge is 2.20. The number of urea groups is 1. The van der Waals surface area contributed by atoms with E-state index in [-0.39, 0.29) is 19.9 Å². The summed E-state index contributed by atoms with van der Waals surface area (Å²) >= 11 is 6.59. The van der Waals surface area contributed by atoms with Gasteiger partial charge in [-0.3, -0.25) is 4.79 Å². The van der Waals surface area contributed by atoms with Crippen LogP contribution in [0.2, 0.25) is 4.34 Å². The Morgan fingerprint density at radius 1 is 0.905 bits per heavy atom. The van der Waals surface area contributed by atoms with Gasteiger partial charge in [-0.25, -0.2) is 27.3 Å². The number of nitrogens with zero attached hydrogens (tertiary/aromatic N) is 1. The summed E-state index contributed by atoms with van der Waals surface area (Å²) in [4.78, 5) is 44.4. The van der Waals surface area contributed by atoms with Crippen LogP contribution in [0.25, 0.3) is 27.5 Å². The SMILES string of the molecule is O=C(Nc1ccc(-n2c(=O)[nH]c3cc(NCc4ccc5[nH]ccc5c4)ccc3c2=O)cc1)NS(=O)(=O)c1ccc(Cl)s1. The van der Waals surface area contributed by atoms with E-state index in [0.717, 1.165) is 38.1 Å². The number of amides is 2. The first-order valence-electron chi connectivity index (χ1n) is 12.4. The Morgan fingerprint density at radius 2 is 1.69 bits per heavy atom. The van der Waals surface area contributed by atoms with Crippen LogP contribution in [-0.4, -0.2) is 29.0 Å². The first-order chi connectivity index (χ1) is 20.2. The lowest BCUT2D eigenvalue weighted by Gasteiger charge is -2.11. The van der Waals surface area contributed by atoms with Crippen LogP contribution in [0, 0.1) is 0 Å². The van der Waals surface area contributed by atoms with E-state index < -0.39 is 27.3 Å². The Hall–Kier alpha value is -4.85. The number of thiophene rings is 1. The van der Waals surface area contributed by atoms with Crippen molar-refractivity contribution in [3.05, 3.63) is 116 Å². The van der Waals surface area contributed by atoms with Crippen LogP contribution in [0.15, 0.2) is 98.9 Å². The number of anilines is 2. The molecule has 0 saturated heterocycles. The lowest BCUT2D eigenvalue weighted by molar-refractivity contribution is 0.256. The molecule has 0 aliphatic carbocycles. The zero-order chi connectivity index (χ0) is 29.4. The molecule has 0 bridgehead atoms. The monoisotopic (exact) mass is 620 g/mol. The first-order valence-corrected chi connectivity index (χ1v) is 15.1. The van der Waals surface area contributed by atoms with Gasteiger partial charge in [0.2, 0.25) is 0 Å². The van der Waals surface area contributed by atoms with Crippen molar-refractivity contribution in [3.63, 3.8) is 0 Å². The smallest absolute Gasteiger partial charge is 0.333 e. The summed E-state index contributed by atoms with van der Waals surface area (Å²) in [6, 6.07) is 20.8. The van der Waals surface area contributed by atoms with Gasteiger partial charge in [-0.1, -0.05) is 17.7 Å². The van der Waals surface area contributed by atoms with Crippen molar-refractivity contribution in [2.45, 2.75) is 10.8 Å². The summed E-state index contributed by atoms with van der Waals surface area (Å²) in [5, 5.41) is 7.15. The molecule has 14 heteroatoms. The van der Waals surface area contributed by atoms with Crippen molar-refractivity contribution in [2.24, 2.45) is 0 Å². The Kier molecular flexibility index (Phi) is 7.06. The molecule has 0 fully saturated rings. The minimum absolute atomic E-state index is 0.106. The maximum absolute atomic E-state index is 13.3. The molecule has 6 aromatic rings. The molecule has 11 nitrogen and oxygen atoms in total. The number of sulfonamides is 1. The van der Waals surface area contributed by atoms with Gasteiger partial charge in [0.25, 0.3) is 15.6 Å². The second-order valence-corrected chi connectivity index (χ2v) is 12.9. The van der Waals surface area contributed by atoms with Gasteiger partial charge in [0.05, 0.1) is 20.9 Å². The molecule has 5 N–H and O–H groups in total. The van der Waals surface area contributed by atoms with E-state index in [9.17, 15) is 22.8 Å². The molecule has 0 atom stereocenters. The summed E-state index contributed by atoms with van der Waals surface area (Å²) in [6.07, 6.45) is 1.89. The standard InChI is InChI=1S/C28H21ClN6O5S2/c29-24-9-10-25(41-24)42(39,40)34-27(37)32-18-2-5-20(6-3-18)35-26(36)21-7-4-19(14-23(21)33-28(35)38)31-15-16-1-8-22-17(13-16)11-12-30-22/h1-14,30-31H,15H2,(H,33,38)(H2,32,34,37). The molecule has 0 aliphatic rings. The van der Waals surface area contributed by atoms with Crippen molar-refractivity contribution >= 4 is 72.2 Å². The molecule has 212 valence electrons. The summed E-state index contributed by atoms with van der Waals surface area (Å²) in [6.45, 7) is 0.556. The predicted molar refractivity (Wildman–Crippen MR) is 164 cm³/mol. The summed E-state index contributed by atoms with van der Waals surface area (Å²) in [5.41, 5.74) is 2.61. The molecule has 0 radical (unpaired) electrons. The Balaban J connectivity index is 1.17. The highest BCUT2D eigenvalue weighted by molar-refractivity contribution is 7.92. The van der Waals surface area contributed by atoms with E-state index in [1.165, 1.54) is 36.4 Å². The van der Waals surface area contributed by atoms with Gasteiger partial charge in [0, 0.05) is 29.6 Å². The number of nitrogens with one attached hydrogen (secondary N) is 5. The summed E-state index contributed by atoms with van der Waals surface area (Å²) in [7, 11) is -4.09. The summed E-state index contributed by atoms with van der Waals surface area (Å²) in [5.74, 6) is 0. The lowest BCUT2D eigenvalue weighted by atomic mass is 10.1. The fourth-order valence-corrected chi connectivity index (χ4v) is 6.83. The summed E-state index contributed by atoms with van der Waals surface area (Å²) < 4.78 is 27.7. The van der Waals surface area contributed by atoms with Crippen LogP contribution in [0.4, 0.5) is 16.2 Å². The molecule has 0 spiro atoms. The average molecular weight is 621 g/mol. The molecule has 0 saturated carbocycles. The van der Waals surface area contributed by atoms with E-state index in [4.69, 9.17) is 11.6 Å². The number of aromatic nitrogens is 3. The zero-order valence-corrected chi connectivity index (χ0v) is 23.9. The number of carbonyl (C=O) groups is 1. The van der Waals surface area contributed by atoms with Gasteiger partial charge in [0.15, 0.2) is 0 Å². The van der Waals surface area contributed by atoms with Crippen molar-refractivity contribution in [1.29, 1.82) is 0 Å². The third-order valence-corrected chi connectivity index (χ3v) is 9.49. The number of aromatic amines is 2. The fourth-order valence-electron chi connectivity index (χ4n) is 4.44. The van der Waals surface area contributed by atoms with Crippen LogP contribution in [0.1, 0.15) is 5.56 Å². The van der Waals surface area contributed by atoms with E-state index in [1.807, 2.05) is 29.1 Å².